The van der Waals surface area contributed by atoms with Gasteiger partial charge in [-0.2, -0.15) is 0 Å². The van der Waals surface area contributed by atoms with E-state index < -0.39 is 0 Å². The zero-order chi connectivity index (χ0) is 21.7. The Labute approximate surface area is 194 Å². The predicted molar refractivity (Wildman–Crippen MR) is 132 cm³/mol. The van der Waals surface area contributed by atoms with Crippen LogP contribution < -0.4 is 5.32 Å². The van der Waals surface area contributed by atoms with Gasteiger partial charge in [0.15, 0.2) is 0 Å². The van der Waals surface area contributed by atoms with Gasteiger partial charge in [-0.1, -0.05) is 43.2 Å². The van der Waals surface area contributed by atoms with Crippen molar-refractivity contribution in [1.82, 2.24) is 5.32 Å². The number of hydrogen-bond donors (Lipinski definition) is 2. The van der Waals surface area contributed by atoms with Gasteiger partial charge in [0.1, 0.15) is 12.4 Å². The Morgan fingerprint density at radius 3 is 2.91 bits per heavy atom. The molecule has 168 valence electrons. The van der Waals surface area contributed by atoms with Gasteiger partial charge in [-0.3, -0.25) is 10.3 Å². The van der Waals surface area contributed by atoms with Crippen molar-refractivity contribution in [3.05, 3.63) is 52.4 Å². The zero-order valence-electron chi connectivity index (χ0n) is 18.7. The summed E-state index contributed by atoms with van der Waals surface area (Å²) < 4.78 is 7.19. The van der Waals surface area contributed by atoms with E-state index in [-0.39, 0.29) is 24.4 Å². The maximum atomic E-state index is 10.7. The lowest BCUT2D eigenvalue weighted by atomic mass is 9.70. The lowest BCUT2D eigenvalue weighted by Crippen LogP contribution is -2.51. The monoisotopic (exact) mass is 448 g/mol. The number of nitrogens with one attached hydrogen (secondary N) is 1. The Bertz CT molecular complexity index is 1100. The molecule has 2 N–H and O–H groups in total. The second-order valence-corrected chi connectivity index (χ2v) is 10.8. The lowest BCUT2D eigenvalue weighted by molar-refractivity contribution is 0.0119. The van der Waals surface area contributed by atoms with E-state index in [0.717, 1.165) is 32.1 Å². The summed E-state index contributed by atoms with van der Waals surface area (Å²) in [6, 6.07) is 8.86. The second-order valence-electron chi connectivity index (χ2n) is 9.75. The van der Waals surface area contributed by atoms with Crippen LogP contribution >= 0.6 is 11.3 Å². The molecule has 6 atom stereocenters. The number of methoxy groups -OCH3 is 1. The molecule has 2 aromatic rings. The van der Waals surface area contributed by atoms with E-state index in [1.807, 2.05) is 11.3 Å². The molecule has 1 aromatic carbocycles. The molecule has 1 fully saturated rings. The number of aliphatic hydroxyl groups is 1. The summed E-state index contributed by atoms with van der Waals surface area (Å²) in [6.07, 6.45) is 14.1. The first-order valence-electron chi connectivity index (χ1n) is 12.2. The molecule has 0 spiro atoms. The minimum absolute atomic E-state index is 0.0580. The number of aliphatic hydroxyl groups excluding tert-OH is 1. The molecule has 2 heterocycles. The van der Waals surface area contributed by atoms with E-state index in [0.29, 0.717) is 11.8 Å². The summed E-state index contributed by atoms with van der Waals surface area (Å²) >= 11 is 1.92. The second kappa shape index (κ2) is 8.53. The normalized spacial score (nSPS) is 34.6. The van der Waals surface area contributed by atoms with Crippen molar-refractivity contribution < 1.29 is 9.84 Å². The zero-order valence-corrected chi connectivity index (χ0v) is 19.5. The fourth-order valence-corrected chi connectivity index (χ4v) is 7.55. The molecule has 6 rings (SSSR count). The highest BCUT2D eigenvalue weighted by Crippen LogP contribution is 2.50. The van der Waals surface area contributed by atoms with Gasteiger partial charge in [-0.25, -0.2) is 0 Å². The number of fused-ring (bicyclic) bond motifs is 5. The first-order valence-corrected chi connectivity index (χ1v) is 13.0. The average Bonchev–Trinajstić information content (AvgIpc) is 3.22. The molecule has 0 amide bonds. The van der Waals surface area contributed by atoms with E-state index in [1.54, 1.807) is 12.7 Å². The third-order valence-electron chi connectivity index (χ3n) is 7.94. The quantitative estimate of drug-likeness (QED) is 0.598. The van der Waals surface area contributed by atoms with E-state index in [2.05, 4.69) is 47.8 Å². The molecule has 6 unspecified atom stereocenters. The summed E-state index contributed by atoms with van der Waals surface area (Å²) in [7, 11) is 1.78. The molecule has 1 aromatic heterocycles. The van der Waals surface area contributed by atoms with Crippen molar-refractivity contribution in [2.75, 3.05) is 7.11 Å². The Balaban J connectivity index is 1.45. The van der Waals surface area contributed by atoms with Crippen LogP contribution in [0.5, 0.6) is 0 Å². The Morgan fingerprint density at radius 1 is 1.16 bits per heavy atom. The minimum Gasteiger partial charge on any atom is -0.393 e. The van der Waals surface area contributed by atoms with Crippen molar-refractivity contribution in [2.24, 2.45) is 16.8 Å². The van der Waals surface area contributed by atoms with Gasteiger partial charge in [-0.05, 0) is 60.3 Å². The van der Waals surface area contributed by atoms with Gasteiger partial charge >= 0.3 is 0 Å². The van der Waals surface area contributed by atoms with Crippen LogP contribution in [0, 0.1) is 11.8 Å². The standard InChI is InChI=1S/C27H32N2O2S/c1-31-25-15-21(28-27(29-25)18-10-4-6-12-22(18)30)20-14-24-26(17-9-3-2-8-16(17)20)19-11-5-7-13-23(19)32-24/h2,5,7-8,11,13-14,16-18,22,25,27,29-30H,3-4,6,9-10,12,15H2,1H3. The first kappa shape index (κ1) is 20.8. The number of ether oxygens (including phenoxy) is 1. The molecule has 1 saturated carbocycles. The van der Waals surface area contributed by atoms with Crippen LogP contribution in [0.3, 0.4) is 0 Å². The molecule has 3 aliphatic carbocycles. The lowest BCUT2D eigenvalue weighted by Gasteiger charge is -2.40. The van der Waals surface area contributed by atoms with Gasteiger partial charge in [0.25, 0.3) is 0 Å². The largest absolute Gasteiger partial charge is 0.393 e. The van der Waals surface area contributed by atoms with Crippen molar-refractivity contribution in [3.8, 4) is 0 Å². The third kappa shape index (κ3) is 3.50. The molecule has 4 nitrogen and oxygen atoms in total. The molecule has 0 bridgehead atoms. The molecule has 5 heteroatoms. The fourth-order valence-electron chi connectivity index (χ4n) is 6.32. The Morgan fingerprint density at radius 2 is 2.03 bits per heavy atom. The third-order valence-corrected chi connectivity index (χ3v) is 9.07. The number of thiophene rings is 1. The van der Waals surface area contributed by atoms with Crippen molar-refractivity contribution in [1.29, 1.82) is 0 Å². The van der Waals surface area contributed by atoms with Crippen LogP contribution in [0.4, 0.5) is 0 Å². The summed E-state index contributed by atoms with van der Waals surface area (Å²) in [5.74, 6) is 1.06. The molecule has 1 aliphatic heterocycles. The summed E-state index contributed by atoms with van der Waals surface area (Å²) in [4.78, 5) is 6.67. The van der Waals surface area contributed by atoms with Gasteiger partial charge in [0.2, 0.25) is 0 Å². The van der Waals surface area contributed by atoms with Crippen molar-refractivity contribution >= 4 is 33.2 Å². The van der Waals surface area contributed by atoms with Gasteiger partial charge in [0.05, 0.1) is 6.10 Å². The molecule has 4 aliphatic rings. The molecule has 32 heavy (non-hydrogen) atoms. The van der Waals surface area contributed by atoms with Crippen molar-refractivity contribution in [3.63, 3.8) is 0 Å². The summed E-state index contributed by atoms with van der Waals surface area (Å²) in [6.45, 7) is 0. The highest BCUT2D eigenvalue weighted by molar-refractivity contribution is 7.20. The molecule has 0 saturated heterocycles. The highest BCUT2D eigenvalue weighted by atomic mass is 32.1. The first-order chi connectivity index (χ1) is 15.7. The fraction of sp³-hybridized carbons (Fsp3) is 0.519. The topological polar surface area (TPSA) is 53.9 Å². The van der Waals surface area contributed by atoms with Crippen molar-refractivity contribution in [2.45, 2.75) is 69.4 Å². The van der Waals surface area contributed by atoms with Gasteiger partial charge in [0, 0.05) is 40.7 Å². The maximum absolute atomic E-state index is 10.7. The number of rotatable bonds is 3. The van der Waals surface area contributed by atoms with Crippen LogP contribution in [-0.4, -0.2) is 36.4 Å². The minimum atomic E-state index is -0.279. The number of hydrogen-bond acceptors (Lipinski definition) is 5. The van der Waals surface area contributed by atoms with Gasteiger partial charge < -0.3 is 9.84 Å². The average molecular weight is 449 g/mol. The molecular weight excluding hydrogens is 416 g/mol. The Hall–Kier alpha value is -1.79. The van der Waals surface area contributed by atoms with E-state index in [1.165, 1.54) is 39.1 Å². The summed E-state index contributed by atoms with van der Waals surface area (Å²) in [5, 5.41) is 15.7. The van der Waals surface area contributed by atoms with Crippen LogP contribution in [0.15, 0.2) is 47.0 Å². The number of allylic oxidation sites excluding steroid dienone is 3. The van der Waals surface area contributed by atoms with Crippen LogP contribution in [0.25, 0.3) is 16.2 Å². The van der Waals surface area contributed by atoms with E-state index in [4.69, 9.17) is 9.73 Å². The predicted octanol–water partition coefficient (Wildman–Crippen LogP) is 5.63. The molecule has 0 radical (unpaired) electrons. The highest BCUT2D eigenvalue weighted by Gasteiger charge is 2.39. The number of aliphatic imine (C=N–C) groups is 1. The number of nitrogens with zero attached hydrogens (tertiary/aromatic N) is 1. The van der Waals surface area contributed by atoms with Crippen LogP contribution in [0.2, 0.25) is 0 Å². The number of benzene rings is 1. The smallest absolute Gasteiger partial charge is 0.114 e. The summed E-state index contributed by atoms with van der Waals surface area (Å²) in [5.41, 5.74) is 4.08. The van der Waals surface area contributed by atoms with E-state index >= 15 is 0 Å². The maximum Gasteiger partial charge on any atom is 0.114 e. The van der Waals surface area contributed by atoms with E-state index in [9.17, 15) is 5.11 Å². The Kier molecular flexibility index (Phi) is 5.54. The molecular formula is C27H32N2O2S. The van der Waals surface area contributed by atoms with Crippen LogP contribution in [-0.2, 0) is 4.74 Å². The van der Waals surface area contributed by atoms with Gasteiger partial charge in [-0.15, -0.1) is 11.3 Å². The SMILES string of the molecule is COC1CC(C2=Cc3sc4ccccc4c3C3CCC=CC23)=NC(C2CCCCC2O)N1. The van der Waals surface area contributed by atoms with Crippen LogP contribution in [0.1, 0.15) is 61.3 Å².